The van der Waals surface area contributed by atoms with Crippen molar-refractivity contribution in [3.05, 3.63) is 35.4 Å². The van der Waals surface area contributed by atoms with Crippen LogP contribution in [0.2, 0.25) is 0 Å². The lowest BCUT2D eigenvalue weighted by Crippen LogP contribution is -2.34. The molecule has 1 saturated carbocycles. The Balaban J connectivity index is 2.11. The molecule has 1 aliphatic carbocycles. The monoisotopic (exact) mass is 295 g/mol. The average Bonchev–Trinajstić information content (AvgIpc) is 2.45. The van der Waals surface area contributed by atoms with Gasteiger partial charge in [-0.3, -0.25) is 0 Å². The Hall–Kier alpha value is -0.960. The van der Waals surface area contributed by atoms with Crippen molar-refractivity contribution in [3.63, 3.8) is 0 Å². The second kappa shape index (κ2) is 6.87. The summed E-state index contributed by atoms with van der Waals surface area (Å²) in [6, 6.07) is 8.86. The predicted molar refractivity (Wildman–Crippen MR) is 83.9 cm³/mol. The van der Waals surface area contributed by atoms with Gasteiger partial charge in [-0.2, -0.15) is 0 Å². The maximum atomic E-state index is 13.4. The highest BCUT2D eigenvalue weighted by atomic mass is 19.3. The molecule has 118 valence electrons. The first-order chi connectivity index (χ1) is 9.93. The fourth-order valence-electron chi connectivity index (χ4n) is 3.26. The first-order valence-corrected chi connectivity index (χ1v) is 8.14. The number of hydrogen-bond acceptors (Lipinski definition) is 1. The number of hydrogen-bond donors (Lipinski definition) is 1. The molecule has 0 heterocycles. The van der Waals surface area contributed by atoms with Gasteiger partial charge in [0, 0.05) is 18.9 Å². The van der Waals surface area contributed by atoms with Crippen molar-refractivity contribution < 1.29 is 8.78 Å². The van der Waals surface area contributed by atoms with Crippen molar-refractivity contribution in [2.45, 2.75) is 64.3 Å². The van der Waals surface area contributed by atoms with Crippen molar-refractivity contribution in [1.82, 2.24) is 5.32 Å². The first kappa shape index (κ1) is 16.4. The summed E-state index contributed by atoms with van der Waals surface area (Å²) in [6.45, 7) is 7.30. The van der Waals surface area contributed by atoms with E-state index in [4.69, 9.17) is 0 Å². The minimum absolute atomic E-state index is 0.0314. The van der Waals surface area contributed by atoms with Crippen LogP contribution in [-0.2, 0) is 0 Å². The standard InChI is InChI=1S/C18H27F2N/c1-4-21-17(16-9-11-18(19,20)12-10-16)15-7-5-14(6-8-15)13(2)3/h5-8,13,16-17,21H,4,9-12H2,1-3H3. The molecule has 0 bridgehead atoms. The molecular weight excluding hydrogens is 268 g/mol. The number of alkyl halides is 2. The molecule has 1 atom stereocenters. The smallest absolute Gasteiger partial charge is 0.248 e. The second-order valence-corrected chi connectivity index (χ2v) is 6.55. The quantitative estimate of drug-likeness (QED) is 0.778. The molecule has 0 aromatic heterocycles. The molecule has 1 fully saturated rings. The van der Waals surface area contributed by atoms with Gasteiger partial charge in [0.15, 0.2) is 0 Å². The Morgan fingerprint density at radius 3 is 2.10 bits per heavy atom. The van der Waals surface area contributed by atoms with Crippen LogP contribution in [0.4, 0.5) is 8.78 Å². The van der Waals surface area contributed by atoms with Crippen molar-refractivity contribution in [2.24, 2.45) is 5.92 Å². The van der Waals surface area contributed by atoms with Gasteiger partial charge in [-0.1, -0.05) is 45.0 Å². The van der Waals surface area contributed by atoms with E-state index in [1.807, 2.05) is 0 Å². The molecule has 21 heavy (non-hydrogen) atoms. The molecule has 1 aliphatic rings. The highest BCUT2D eigenvalue weighted by molar-refractivity contribution is 5.27. The van der Waals surface area contributed by atoms with Crippen LogP contribution in [0.25, 0.3) is 0 Å². The third-order valence-electron chi connectivity index (χ3n) is 4.62. The van der Waals surface area contributed by atoms with E-state index in [0.717, 1.165) is 6.54 Å². The van der Waals surface area contributed by atoms with Crippen LogP contribution in [0, 0.1) is 5.92 Å². The Morgan fingerprint density at radius 2 is 1.62 bits per heavy atom. The summed E-state index contributed by atoms with van der Waals surface area (Å²) in [5.74, 6) is -1.62. The Kier molecular flexibility index (Phi) is 5.37. The number of halogens is 2. The summed E-state index contributed by atoms with van der Waals surface area (Å²) in [4.78, 5) is 0. The zero-order valence-corrected chi connectivity index (χ0v) is 13.3. The molecule has 1 nitrogen and oxygen atoms in total. The maximum absolute atomic E-state index is 13.4. The molecule has 0 radical (unpaired) electrons. The van der Waals surface area contributed by atoms with Crippen LogP contribution in [0.1, 0.15) is 69.5 Å². The predicted octanol–water partition coefficient (Wildman–Crippen LogP) is 5.29. The summed E-state index contributed by atoms with van der Waals surface area (Å²) in [6.07, 6.45) is 1.28. The summed E-state index contributed by atoms with van der Waals surface area (Å²) >= 11 is 0. The van der Waals surface area contributed by atoms with E-state index in [0.29, 0.717) is 24.7 Å². The Morgan fingerprint density at radius 1 is 1.10 bits per heavy atom. The second-order valence-electron chi connectivity index (χ2n) is 6.55. The third-order valence-corrected chi connectivity index (χ3v) is 4.62. The van der Waals surface area contributed by atoms with Gasteiger partial charge in [0.1, 0.15) is 0 Å². The fraction of sp³-hybridized carbons (Fsp3) is 0.667. The number of nitrogens with one attached hydrogen (secondary N) is 1. The summed E-state index contributed by atoms with van der Waals surface area (Å²) in [7, 11) is 0. The molecular formula is C18H27F2N. The zero-order valence-electron chi connectivity index (χ0n) is 13.3. The van der Waals surface area contributed by atoms with E-state index < -0.39 is 5.92 Å². The molecule has 0 spiro atoms. The van der Waals surface area contributed by atoms with Crippen LogP contribution in [0.3, 0.4) is 0 Å². The summed E-state index contributed by atoms with van der Waals surface area (Å²) < 4.78 is 26.7. The molecule has 2 rings (SSSR count). The van der Waals surface area contributed by atoms with Gasteiger partial charge in [-0.25, -0.2) is 8.78 Å². The Bertz CT molecular complexity index is 429. The van der Waals surface area contributed by atoms with Gasteiger partial charge in [0.25, 0.3) is 0 Å². The van der Waals surface area contributed by atoms with Gasteiger partial charge in [-0.05, 0) is 42.3 Å². The van der Waals surface area contributed by atoms with Crippen molar-refractivity contribution in [2.75, 3.05) is 6.54 Å². The normalized spacial score (nSPS) is 20.7. The highest BCUT2D eigenvalue weighted by Gasteiger charge is 2.37. The van der Waals surface area contributed by atoms with E-state index in [-0.39, 0.29) is 18.9 Å². The first-order valence-electron chi connectivity index (χ1n) is 8.14. The lowest BCUT2D eigenvalue weighted by Gasteiger charge is -2.34. The van der Waals surface area contributed by atoms with E-state index >= 15 is 0 Å². The molecule has 0 amide bonds. The summed E-state index contributed by atoms with van der Waals surface area (Å²) in [5, 5.41) is 3.50. The summed E-state index contributed by atoms with van der Waals surface area (Å²) in [5.41, 5.74) is 2.56. The molecule has 1 unspecified atom stereocenters. The van der Waals surface area contributed by atoms with E-state index in [1.165, 1.54) is 11.1 Å². The van der Waals surface area contributed by atoms with E-state index in [1.54, 1.807) is 0 Å². The molecule has 0 aliphatic heterocycles. The van der Waals surface area contributed by atoms with Gasteiger partial charge < -0.3 is 5.32 Å². The van der Waals surface area contributed by atoms with Crippen molar-refractivity contribution >= 4 is 0 Å². The fourth-order valence-corrected chi connectivity index (χ4v) is 3.26. The molecule has 0 saturated heterocycles. The van der Waals surface area contributed by atoms with Crippen molar-refractivity contribution in [1.29, 1.82) is 0 Å². The third kappa shape index (κ3) is 4.26. The minimum atomic E-state index is -2.45. The van der Waals surface area contributed by atoms with Gasteiger partial charge in [0.05, 0.1) is 0 Å². The van der Waals surface area contributed by atoms with Gasteiger partial charge >= 0.3 is 0 Å². The molecule has 1 aromatic rings. The average molecular weight is 295 g/mol. The number of rotatable bonds is 5. The largest absolute Gasteiger partial charge is 0.310 e. The zero-order chi connectivity index (χ0) is 15.5. The minimum Gasteiger partial charge on any atom is -0.310 e. The lowest BCUT2D eigenvalue weighted by molar-refractivity contribution is -0.0497. The number of benzene rings is 1. The molecule has 3 heteroatoms. The van der Waals surface area contributed by atoms with E-state index in [2.05, 4.69) is 50.4 Å². The lowest BCUT2D eigenvalue weighted by atomic mass is 9.79. The van der Waals surface area contributed by atoms with Gasteiger partial charge in [-0.15, -0.1) is 0 Å². The van der Waals surface area contributed by atoms with Crippen LogP contribution in [0.15, 0.2) is 24.3 Å². The van der Waals surface area contributed by atoms with Gasteiger partial charge in [0.2, 0.25) is 5.92 Å². The SMILES string of the molecule is CCNC(c1ccc(C(C)C)cc1)C1CCC(F)(F)CC1. The topological polar surface area (TPSA) is 12.0 Å². The highest BCUT2D eigenvalue weighted by Crippen LogP contribution is 2.41. The Labute approximate surface area is 127 Å². The van der Waals surface area contributed by atoms with Crippen molar-refractivity contribution in [3.8, 4) is 0 Å². The van der Waals surface area contributed by atoms with Crippen LogP contribution < -0.4 is 5.32 Å². The maximum Gasteiger partial charge on any atom is 0.248 e. The van der Waals surface area contributed by atoms with Crippen LogP contribution in [0.5, 0.6) is 0 Å². The van der Waals surface area contributed by atoms with E-state index in [9.17, 15) is 8.78 Å². The molecule has 1 N–H and O–H groups in total. The van der Waals surface area contributed by atoms with Crippen LogP contribution >= 0.6 is 0 Å². The van der Waals surface area contributed by atoms with Crippen LogP contribution in [-0.4, -0.2) is 12.5 Å². The molecule has 1 aromatic carbocycles.